The maximum atomic E-state index is 12.6. The molecule has 1 atom stereocenters. The summed E-state index contributed by atoms with van der Waals surface area (Å²) in [5.74, 6) is 1.47. The van der Waals surface area contributed by atoms with Gasteiger partial charge in [0, 0.05) is 36.8 Å². The minimum absolute atomic E-state index is 0.153. The van der Waals surface area contributed by atoms with Crippen LogP contribution in [0.2, 0.25) is 0 Å². The van der Waals surface area contributed by atoms with Gasteiger partial charge in [-0.05, 0) is 57.9 Å². The number of hydrogen-bond acceptors (Lipinski definition) is 6. The Morgan fingerprint density at radius 2 is 1.88 bits per heavy atom. The fraction of sp³-hybridized carbons (Fsp3) is 0.458. The smallest absolute Gasteiger partial charge is 0.410 e. The Morgan fingerprint density at radius 1 is 1.09 bits per heavy atom. The fourth-order valence-corrected chi connectivity index (χ4v) is 4.07. The van der Waals surface area contributed by atoms with Gasteiger partial charge in [0.2, 0.25) is 0 Å². The van der Waals surface area contributed by atoms with Gasteiger partial charge in [-0.3, -0.25) is 0 Å². The Kier molecular flexibility index (Phi) is 5.95. The van der Waals surface area contributed by atoms with Gasteiger partial charge < -0.3 is 19.1 Å². The molecule has 1 amide bonds. The van der Waals surface area contributed by atoms with Crippen LogP contribution in [0.25, 0.3) is 16.9 Å². The molecule has 8 heteroatoms. The molecule has 1 aromatic carbocycles. The van der Waals surface area contributed by atoms with Crippen molar-refractivity contribution in [3.63, 3.8) is 0 Å². The first-order valence-corrected chi connectivity index (χ1v) is 10.8. The molecular formula is C24H30N4O4. The second-order valence-corrected chi connectivity index (χ2v) is 9.00. The lowest BCUT2D eigenvalue weighted by Gasteiger charge is -2.34. The molecular weight excluding hydrogens is 408 g/mol. The lowest BCUT2D eigenvalue weighted by atomic mass is 9.95. The van der Waals surface area contributed by atoms with E-state index < -0.39 is 5.60 Å². The molecule has 3 aromatic rings. The van der Waals surface area contributed by atoms with Crippen molar-refractivity contribution in [3.8, 4) is 22.8 Å². The summed E-state index contributed by atoms with van der Waals surface area (Å²) in [6.07, 6.45) is 3.43. The number of carbonyl (C=O) groups excluding carboxylic acids is 1. The van der Waals surface area contributed by atoms with E-state index in [1.807, 2.05) is 55.6 Å². The highest BCUT2D eigenvalue weighted by Gasteiger charge is 2.29. The van der Waals surface area contributed by atoms with Crippen LogP contribution in [-0.2, 0) is 4.74 Å². The minimum atomic E-state index is -0.510. The molecule has 0 N–H and O–H groups in total. The number of amides is 1. The van der Waals surface area contributed by atoms with Crippen LogP contribution in [-0.4, -0.2) is 58.5 Å². The summed E-state index contributed by atoms with van der Waals surface area (Å²) in [5.41, 5.74) is 3.00. The Hall–Kier alpha value is -3.29. The number of fused-ring (bicyclic) bond motifs is 1. The number of carbonyl (C=O) groups is 1. The zero-order valence-electron chi connectivity index (χ0n) is 19.3. The monoisotopic (exact) mass is 438 g/mol. The maximum absolute atomic E-state index is 12.6. The van der Waals surface area contributed by atoms with E-state index in [2.05, 4.69) is 4.98 Å². The first kappa shape index (κ1) is 21.9. The highest BCUT2D eigenvalue weighted by Crippen LogP contribution is 2.33. The maximum Gasteiger partial charge on any atom is 0.410 e. The van der Waals surface area contributed by atoms with E-state index >= 15 is 0 Å². The number of piperidine rings is 1. The molecule has 0 bridgehead atoms. The Bertz CT molecular complexity index is 1120. The molecule has 0 spiro atoms. The first-order valence-electron chi connectivity index (χ1n) is 10.8. The molecule has 0 saturated carbocycles. The molecule has 1 unspecified atom stereocenters. The number of hydrogen-bond donors (Lipinski definition) is 0. The first-order chi connectivity index (χ1) is 15.3. The molecule has 1 saturated heterocycles. The van der Waals surface area contributed by atoms with E-state index in [1.54, 1.807) is 25.3 Å². The molecule has 0 radical (unpaired) electrons. The average Bonchev–Trinajstić information content (AvgIpc) is 3.22. The van der Waals surface area contributed by atoms with E-state index in [9.17, 15) is 4.79 Å². The molecule has 4 rings (SSSR count). The van der Waals surface area contributed by atoms with Gasteiger partial charge in [0.1, 0.15) is 5.60 Å². The molecule has 1 fully saturated rings. The molecule has 1 aliphatic heterocycles. The van der Waals surface area contributed by atoms with Crippen LogP contribution in [0, 0.1) is 0 Å². The van der Waals surface area contributed by atoms with Crippen LogP contribution in [0.15, 0.2) is 36.5 Å². The highest BCUT2D eigenvalue weighted by atomic mass is 16.6. The third-order valence-corrected chi connectivity index (χ3v) is 5.56. The predicted octanol–water partition coefficient (Wildman–Crippen LogP) is 4.53. The molecule has 3 heterocycles. The average molecular weight is 439 g/mol. The van der Waals surface area contributed by atoms with Crippen molar-refractivity contribution in [2.24, 2.45) is 0 Å². The Labute approximate surface area is 188 Å². The van der Waals surface area contributed by atoms with Crippen molar-refractivity contribution in [2.75, 3.05) is 27.3 Å². The summed E-state index contributed by atoms with van der Waals surface area (Å²) < 4.78 is 18.2. The van der Waals surface area contributed by atoms with E-state index in [0.717, 1.165) is 35.4 Å². The van der Waals surface area contributed by atoms with Crippen LogP contribution in [0.1, 0.15) is 45.2 Å². The lowest BCUT2D eigenvalue weighted by molar-refractivity contribution is 0.0196. The number of benzene rings is 1. The van der Waals surface area contributed by atoms with E-state index in [4.69, 9.17) is 19.3 Å². The van der Waals surface area contributed by atoms with Crippen LogP contribution >= 0.6 is 0 Å². The zero-order valence-corrected chi connectivity index (χ0v) is 19.3. The van der Waals surface area contributed by atoms with Crippen molar-refractivity contribution in [3.05, 3.63) is 42.2 Å². The Morgan fingerprint density at radius 3 is 2.59 bits per heavy atom. The standard InChI is InChI=1S/C24H30N4O4/c1-24(2,3)32-23(29)27-12-6-7-17(15-27)19-10-11-25-22-14-18(26-28(19)22)16-8-9-20(30-4)21(13-16)31-5/h8-11,13-14,17H,6-7,12,15H2,1-5H3. The zero-order chi connectivity index (χ0) is 22.9. The number of aromatic nitrogens is 3. The van der Waals surface area contributed by atoms with Gasteiger partial charge in [-0.25, -0.2) is 14.3 Å². The van der Waals surface area contributed by atoms with Crippen LogP contribution < -0.4 is 9.47 Å². The predicted molar refractivity (Wildman–Crippen MR) is 121 cm³/mol. The van der Waals surface area contributed by atoms with Gasteiger partial charge in [0.25, 0.3) is 0 Å². The van der Waals surface area contributed by atoms with Crippen molar-refractivity contribution < 1.29 is 19.0 Å². The second-order valence-electron chi connectivity index (χ2n) is 9.00. The van der Waals surface area contributed by atoms with Crippen LogP contribution in [0.3, 0.4) is 0 Å². The summed E-state index contributed by atoms with van der Waals surface area (Å²) in [7, 11) is 3.23. The summed E-state index contributed by atoms with van der Waals surface area (Å²) in [4.78, 5) is 18.9. The SMILES string of the molecule is COc1ccc(-c2cc3nccc(C4CCCN(C(=O)OC(C)(C)C)C4)n3n2)cc1OC. The fourth-order valence-electron chi connectivity index (χ4n) is 4.07. The number of ether oxygens (including phenoxy) is 3. The van der Waals surface area contributed by atoms with E-state index in [1.165, 1.54) is 0 Å². The van der Waals surface area contributed by atoms with E-state index in [0.29, 0.717) is 24.6 Å². The number of nitrogens with zero attached hydrogens (tertiary/aromatic N) is 4. The molecule has 170 valence electrons. The molecule has 1 aliphatic rings. The molecule has 32 heavy (non-hydrogen) atoms. The van der Waals surface area contributed by atoms with Gasteiger partial charge in [-0.15, -0.1) is 0 Å². The normalized spacial score (nSPS) is 16.8. The van der Waals surface area contributed by atoms with Crippen molar-refractivity contribution in [2.45, 2.75) is 45.1 Å². The largest absolute Gasteiger partial charge is 0.493 e. The second kappa shape index (κ2) is 8.68. The summed E-state index contributed by atoms with van der Waals surface area (Å²) >= 11 is 0. The topological polar surface area (TPSA) is 78.2 Å². The van der Waals surface area contributed by atoms with E-state index in [-0.39, 0.29) is 12.0 Å². The van der Waals surface area contributed by atoms with Crippen molar-refractivity contribution in [1.29, 1.82) is 0 Å². The number of methoxy groups -OCH3 is 2. The van der Waals surface area contributed by atoms with Crippen LogP contribution in [0.5, 0.6) is 11.5 Å². The van der Waals surface area contributed by atoms with Gasteiger partial charge in [0.15, 0.2) is 17.1 Å². The highest BCUT2D eigenvalue weighted by molar-refractivity contribution is 5.69. The lowest BCUT2D eigenvalue weighted by Crippen LogP contribution is -2.42. The third-order valence-electron chi connectivity index (χ3n) is 5.56. The van der Waals surface area contributed by atoms with Crippen molar-refractivity contribution >= 4 is 11.7 Å². The molecule has 0 aliphatic carbocycles. The minimum Gasteiger partial charge on any atom is -0.493 e. The summed E-state index contributed by atoms with van der Waals surface area (Å²) in [6, 6.07) is 9.67. The molecule has 8 nitrogen and oxygen atoms in total. The Balaban J connectivity index is 1.63. The summed E-state index contributed by atoms with van der Waals surface area (Å²) in [5, 5.41) is 4.84. The third kappa shape index (κ3) is 4.49. The van der Waals surface area contributed by atoms with Gasteiger partial charge >= 0.3 is 6.09 Å². The van der Waals surface area contributed by atoms with Crippen LogP contribution in [0.4, 0.5) is 4.79 Å². The van der Waals surface area contributed by atoms with Gasteiger partial charge in [-0.1, -0.05) is 0 Å². The quantitative estimate of drug-likeness (QED) is 0.596. The van der Waals surface area contributed by atoms with Gasteiger partial charge in [0.05, 0.1) is 25.6 Å². The number of rotatable bonds is 4. The number of likely N-dealkylation sites (tertiary alicyclic amines) is 1. The van der Waals surface area contributed by atoms with Crippen molar-refractivity contribution in [1.82, 2.24) is 19.5 Å². The molecule has 2 aromatic heterocycles. The summed E-state index contributed by atoms with van der Waals surface area (Å²) in [6.45, 7) is 6.96. The van der Waals surface area contributed by atoms with Gasteiger partial charge in [-0.2, -0.15) is 5.10 Å².